The molecule has 2 aromatic carbocycles. The second kappa shape index (κ2) is 6.40. The molecule has 0 unspecified atom stereocenters. The van der Waals surface area contributed by atoms with E-state index in [1.807, 2.05) is 29.6 Å². The smallest absolute Gasteiger partial charge is 0.257 e. The maximum absolute atomic E-state index is 12.5. The maximum Gasteiger partial charge on any atom is 0.257 e. The minimum absolute atomic E-state index is 0.187. The van der Waals surface area contributed by atoms with Crippen LogP contribution in [-0.2, 0) is 4.79 Å². The van der Waals surface area contributed by atoms with E-state index in [1.54, 1.807) is 18.2 Å². The average molecular weight is 345 g/mol. The largest absolute Gasteiger partial charge is 0.326 e. The summed E-state index contributed by atoms with van der Waals surface area (Å²) in [7, 11) is 0. The molecule has 6 heteroatoms. The Hall–Kier alpha value is -2.37. The number of benzene rings is 2. The predicted octanol–water partition coefficient (Wildman–Crippen LogP) is 4.77. The van der Waals surface area contributed by atoms with Crippen LogP contribution in [0.15, 0.2) is 47.8 Å². The minimum Gasteiger partial charge on any atom is -0.326 e. The van der Waals surface area contributed by atoms with Crippen LogP contribution in [0.25, 0.3) is 10.1 Å². The Morgan fingerprint density at radius 1 is 1.09 bits per heavy atom. The quantitative estimate of drug-likeness (QED) is 0.719. The SMILES string of the molecule is CC(=O)Nc1ccc(Cl)c(NC(=O)c2csc3ccccc23)c1. The van der Waals surface area contributed by atoms with E-state index in [-0.39, 0.29) is 11.8 Å². The molecular formula is C17H13ClN2O2S. The van der Waals surface area contributed by atoms with Crippen molar-refractivity contribution in [3.8, 4) is 0 Å². The summed E-state index contributed by atoms with van der Waals surface area (Å²) in [6, 6.07) is 12.7. The van der Waals surface area contributed by atoms with Gasteiger partial charge < -0.3 is 10.6 Å². The van der Waals surface area contributed by atoms with Gasteiger partial charge in [-0.25, -0.2) is 0 Å². The fourth-order valence-electron chi connectivity index (χ4n) is 2.25. The van der Waals surface area contributed by atoms with Gasteiger partial charge in [0.1, 0.15) is 0 Å². The van der Waals surface area contributed by atoms with Crippen molar-refractivity contribution in [3.63, 3.8) is 0 Å². The highest BCUT2D eigenvalue weighted by atomic mass is 35.5. The van der Waals surface area contributed by atoms with Gasteiger partial charge in [0, 0.05) is 28.1 Å². The Labute approximate surface area is 142 Å². The number of fused-ring (bicyclic) bond motifs is 1. The Morgan fingerprint density at radius 2 is 1.87 bits per heavy atom. The lowest BCUT2D eigenvalue weighted by molar-refractivity contribution is -0.114. The molecule has 0 atom stereocenters. The first-order chi connectivity index (χ1) is 11.0. The summed E-state index contributed by atoms with van der Waals surface area (Å²) in [5, 5.41) is 8.61. The lowest BCUT2D eigenvalue weighted by atomic mass is 10.1. The highest BCUT2D eigenvalue weighted by molar-refractivity contribution is 7.17. The number of anilines is 2. The van der Waals surface area contributed by atoms with Crippen molar-refractivity contribution in [1.29, 1.82) is 0 Å². The Morgan fingerprint density at radius 3 is 2.65 bits per heavy atom. The first kappa shape index (κ1) is 15.5. The van der Waals surface area contributed by atoms with Crippen LogP contribution in [0.3, 0.4) is 0 Å². The topological polar surface area (TPSA) is 58.2 Å². The zero-order valence-electron chi connectivity index (χ0n) is 12.2. The van der Waals surface area contributed by atoms with Gasteiger partial charge in [0.2, 0.25) is 5.91 Å². The van der Waals surface area contributed by atoms with E-state index < -0.39 is 0 Å². The first-order valence-corrected chi connectivity index (χ1v) is 8.15. The van der Waals surface area contributed by atoms with Crippen molar-refractivity contribution < 1.29 is 9.59 Å². The van der Waals surface area contributed by atoms with Crippen molar-refractivity contribution in [2.45, 2.75) is 6.92 Å². The molecule has 1 heterocycles. The molecule has 0 saturated carbocycles. The molecule has 4 nitrogen and oxygen atoms in total. The Balaban J connectivity index is 1.89. The van der Waals surface area contributed by atoms with Crippen LogP contribution in [0.1, 0.15) is 17.3 Å². The molecule has 0 fully saturated rings. The Kier molecular flexibility index (Phi) is 4.32. The van der Waals surface area contributed by atoms with E-state index in [2.05, 4.69) is 10.6 Å². The summed E-state index contributed by atoms with van der Waals surface area (Å²) < 4.78 is 1.05. The summed E-state index contributed by atoms with van der Waals surface area (Å²) in [6.45, 7) is 1.42. The van der Waals surface area contributed by atoms with E-state index in [0.717, 1.165) is 10.1 Å². The molecule has 0 spiro atoms. The molecule has 0 aliphatic heterocycles. The number of amides is 2. The number of hydrogen-bond donors (Lipinski definition) is 2. The van der Waals surface area contributed by atoms with Gasteiger partial charge in [-0.15, -0.1) is 11.3 Å². The summed E-state index contributed by atoms with van der Waals surface area (Å²) in [6.07, 6.45) is 0. The van der Waals surface area contributed by atoms with Crippen molar-refractivity contribution in [1.82, 2.24) is 0 Å². The molecule has 0 bridgehead atoms. The van der Waals surface area contributed by atoms with Crippen molar-refractivity contribution in [3.05, 3.63) is 58.4 Å². The summed E-state index contributed by atoms with van der Waals surface area (Å²) in [4.78, 5) is 23.7. The van der Waals surface area contributed by atoms with Crippen LogP contribution >= 0.6 is 22.9 Å². The van der Waals surface area contributed by atoms with Gasteiger partial charge in [-0.05, 0) is 24.3 Å². The number of halogens is 1. The van der Waals surface area contributed by atoms with Gasteiger partial charge in [-0.1, -0.05) is 29.8 Å². The van der Waals surface area contributed by atoms with Crippen molar-refractivity contribution >= 4 is 56.2 Å². The maximum atomic E-state index is 12.5. The number of carbonyl (C=O) groups excluding carboxylic acids is 2. The van der Waals surface area contributed by atoms with Crippen molar-refractivity contribution in [2.24, 2.45) is 0 Å². The lowest BCUT2D eigenvalue weighted by Gasteiger charge is -2.09. The van der Waals surface area contributed by atoms with Gasteiger partial charge >= 0.3 is 0 Å². The standard InChI is InChI=1S/C17H13ClN2O2S/c1-10(21)19-11-6-7-14(18)15(8-11)20-17(22)13-9-23-16-5-3-2-4-12(13)16/h2-9H,1H3,(H,19,21)(H,20,22). The molecule has 0 saturated heterocycles. The van der Waals surface area contributed by atoms with Crippen molar-refractivity contribution in [2.75, 3.05) is 10.6 Å². The molecule has 3 aromatic rings. The number of thiophene rings is 1. The average Bonchev–Trinajstić information content (AvgIpc) is 2.94. The molecule has 23 heavy (non-hydrogen) atoms. The first-order valence-electron chi connectivity index (χ1n) is 6.89. The van der Waals surface area contributed by atoms with Crippen LogP contribution in [0.2, 0.25) is 5.02 Å². The van der Waals surface area contributed by atoms with Gasteiger partial charge in [0.05, 0.1) is 16.3 Å². The third-order valence-electron chi connectivity index (χ3n) is 3.26. The van der Waals surface area contributed by atoms with Crippen LogP contribution in [0.4, 0.5) is 11.4 Å². The summed E-state index contributed by atoms with van der Waals surface area (Å²) >= 11 is 7.65. The van der Waals surface area contributed by atoms with Gasteiger partial charge in [0.25, 0.3) is 5.91 Å². The predicted molar refractivity (Wildman–Crippen MR) is 95.5 cm³/mol. The fraction of sp³-hybridized carbons (Fsp3) is 0.0588. The highest BCUT2D eigenvalue weighted by Crippen LogP contribution is 2.29. The van der Waals surface area contributed by atoms with E-state index in [0.29, 0.717) is 22.0 Å². The number of rotatable bonds is 3. The van der Waals surface area contributed by atoms with E-state index in [1.165, 1.54) is 18.3 Å². The van der Waals surface area contributed by atoms with Crippen LogP contribution < -0.4 is 10.6 Å². The zero-order chi connectivity index (χ0) is 16.4. The number of hydrogen-bond acceptors (Lipinski definition) is 3. The highest BCUT2D eigenvalue weighted by Gasteiger charge is 2.14. The van der Waals surface area contributed by atoms with Crippen LogP contribution in [-0.4, -0.2) is 11.8 Å². The summed E-state index contributed by atoms with van der Waals surface area (Å²) in [5.74, 6) is -0.419. The molecule has 0 aliphatic carbocycles. The summed E-state index contributed by atoms with van der Waals surface area (Å²) in [5.41, 5.74) is 1.64. The lowest BCUT2D eigenvalue weighted by Crippen LogP contribution is -2.12. The molecule has 2 amide bonds. The third-order valence-corrected chi connectivity index (χ3v) is 4.55. The zero-order valence-corrected chi connectivity index (χ0v) is 13.8. The monoisotopic (exact) mass is 344 g/mol. The third kappa shape index (κ3) is 3.36. The molecule has 3 rings (SSSR count). The number of carbonyl (C=O) groups is 2. The van der Waals surface area contributed by atoms with E-state index >= 15 is 0 Å². The van der Waals surface area contributed by atoms with E-state index in [9.17, 15) is 9.59 Å². The second-order valence-electron chi connectivity index (χ2n) is 4.98. The normalized spacial score (nSPS) is 10.5. The second-order valence-corrected chi connectivity index (χ2v) is 6.29. The number of nitrogens with one attached hydrogen (secondary N) is 2. The molecular weight excluding hydrogens is 332 g/mol. The van der Waals surface area contributed by atoms with Crippen LogP contribution in [0, 0.1) is 0 Å². The molecule has 116 valence electrons. The van der Waals surface area contributed by atoms with E-state index in [4.69, 9.17) is 11.6 Å². The molecule has 0 radical (unpaired) electrons. The molecule has 1 aromatic heterocycles. The molecule has 2 N–H and O–H groups in total. The Bertz CT molecular complexity index is 904. The van der Waals surface area contributed by atoms with Crippen LogP contribution in [0.5, 0.6) is 0 Å². The fourth-order valence-corrected chi connectivity index (χ4v) is 3.35. The van der Waals surface area contributed by atoms with Gasteiger partial charge in [-0.2, -0.15) is 0 Å². The minimum atomic E-state index is -0.232. The molecule has 0 aliphatic rings. The van der Waals surface area contributed by atoms with Gasteiger partial charge in [-0.3, -0.25) is 9.59 Å². The van der Waals surface area contributed by atoms with Gasteiger partial charge in [0.15, 0.2) is 0 Å².